The van der Waals surface area contributed by atoms with E-state index in [0.29, 0.717) is 17.9 Å². The van der Waals surface area contributed by atoms with Crippen LogP contribution < -0.4 is 5.73 Å². The van der Waals surface area contributed by atoms with Crippen LogP contribution in [0.4, 0.5) is 5.69 Å². The van der Waals surface area contributed by atoms with Crippen molar-refractivity contribution in [2.24, 2.45) is 0 Å². The van der Waals surface area contributed by atoms with E-state index in [9.17, 15) is 8.42 Å². The summed E-state index contributed by atoms with van der Waals surface area (Å²) in [7, 11) is -3.84. The van der Waals surface area contributed by atoms with Crippen molar-refractivity contribution in [3.05, 3.63) is 23.8 Å². The van der Waals surface area contributed by atoms with E-state index >= 15 is 0 Å². The van der Waals surface area contributed by atoms with Gasteiger partial charge in [0.1, 0.15) is 0 Å². The molecule has 0 heterocycles. The summed E-state index contributed by atoms with van der Waals surface area (Å²) < 4.78 is 29.5. The van der Waals surface area contributed by atoms with Gasteiger partial charge in [-0.3, -0.25) is 4.55 Å². The fraction of sp³-hybridized carbons (Fsp3) is 0.400. The molecule has 0 aliphatic carbocycles. The summed E-state index contributed by atoms with van der Waals surface area (Å²) in [6.45, 7) is 1.96. The zero-order chi connectivity index (χ0) is 12.2. The SMILES string of the molecule is Cc1ccc(SCCCS(=O)(=O)O)c(N)c1. The number of rotatable bonds is 5. The molecular weight excluding hydrogens is 246 g/mol. The first-order chi connectivity index (χ1) is 7.38. The molecule has 0 radical (unpaired) electrons. The zero-order valence-corrected chi connectivity index (χ0v) is 10.6. The minimum absolute atomic E-state index is 0.203. The molecule has 16 heavy (non-hydrogen) atoms. The molecule has 0 spiro atoms. The average Bonchev–Trinajstić information content (AvgIpc) is 2.13. The summed E-state index contributed by atoms with van der Waals surface area (Å²) in [5, 5.41) is 0. The Morgan fingerprint density at radius 3 is 2.69 bits per heavy atom. The standard InChI is InChI=1S/C10H15NO3S2/c1-8-3-4-10(9(11)7-8)15-5-2-6-16(12,13)14/h3-4,7H,2,5-6,11H2,1H3,(H,12,13,14). The van der Waals surface area contributed by atoms with Gasteiger partial charge in [-0.1, -0.05) is 6.07 Å². The number of benzene rings is 1. The summed E-state index contributed by atoms with van der Waals surface area (Å²) >= 11 is 1.50. The van der Waals surface area contributed by atoms with Gasteiger partial charge in [0.2, 0.25) is 0 Å². The van der Waals surface area contributed by atoms with E-state index < -0.39 is 10.1 Å². The Morgan fingerprint density at radius 1 is 1.44 bits per heavy atom. The minimum Gasteiger partial charge on any atom is -0.398 e. The maximum Gasteiger partial charge on any atom is 0.264 e. The van der Waals surface area contributed by atoms with Crippen LogP contribution in [0.2, 0.25) is 0 Å². The molecule has 4 nitrogen and oxygen atoms in total. The maximum atomic E-state index is 10.5. The number of thioether (sulfide) groups is 1. The van der Waals surface area contributed by atoms with Crippen molar-refractivity contribution < 1.29 is 13.0 Å². The lowest BCUT2D eigenvalue weighted by Gasteiger charge is -2.05. The van der Waals surface area contributed by atoms with E-state index in [1.807, 2.05) is 25.1 Å². The normalized spacial score (nSPS) is 11.6. The van der Waals surface area contributed by atoms with Gasteiger partial charge in [0.15, 0.2) is 0 Å². The summed E-state index contributed by atoms with van der Waals surface area (Å²) in [6, 6.07) is 5.76. The molecule has 1 aromatic rings. The van der Waals surface area contributed by atoms with Crippen LogP contribution in [0.3, 0.4) is 0 Å². The van der Waals surface area contributed by atoms with E-state index in [-0.39, 0.29) is 5.75 Å². The van der Waals surface area contributed by atoms with Gasteiger partial charge in [0.05, 0.1) is 5.75 Å². The number of hydrogen-bond acceptors (Lipinski definition) is 4. The highest BCUT2D eigenvalue weighted by Crippen LogP contribution is 2.26. The van der Waals surface area contributed by atoms with E-state index in [4.69, 9.17) is 10.3 Å². The predicted octanol–water partition coefficient (Wildman–Crippen LogP) is 1.95. The Hall–Kier alpha value is -0.720. The Morgan fingerprint density at radius 2 is 2.12 bits per heavy atom. The van der Waals surface area contributed by atoms with Crippen molar-refractivity contribution >= 4 is 27.6 Å². The highest BCUT2D eigenvalue weighted by Gasteiger charge is 2.05. The fourth-order valence-corrected chi connectivity index (χ4v) is 2.81. The molecule has 0 aliphatic heterocycles. The smallest absolute Gasteiger partial charge is 0.264 e. The number of anilines is 1. The van der Waals surface area contributed by atoms with E-state index in [1.54, 1.807) is 0 Å². The van der Waals surface area contributed by atoms with Gasteiger partial charge in [-0.05, 0) is 36.8 Å². The van der Waals surface area contributed by atoms with E-state index in [1.165, 1.54) is 11.8 Å². The average molecular weight is 261 g/mol. The van der Waals surface area contributed by atoms with E-state index in [2.05, 4.69) is 0 Å². The molecule has 0 amide bonds. The molecule has 0 unspecified atom stereocenters. The van der Waals surface area contributed by atoms with Crippen LogP contribution in [0.1, 0.15) is 12.0 Å². The summed E-state index contributed by atoms with van der Waals surface area (Å²) in [5.41, 5.74) is 7.60. The van der Waals surface area contributed by atoms with Crippen LogP contribution in [0.25, 0.3) is 0 Å². The fourth-order valence-electron chi connectivity index (χ4n) is 1.22. The summed E-state index contributed by atoms with van der Waals surface area (Å²) in [4.78, 5) is 0.945. The lowest BCUT2D eigenvalue weighted by atomic mass is 10.2. The highest BCUT2D eigenvalue weighted by molar-refractivity contribution is 7.99. The molecular formula is C10H15NO3S2. The first-order valence-corrected chi connectivity index (χ1v) is 7.42. The molecule has 90 valence electrons. The van der Waals surface area contributed by atoms with Crippen LogP contribution in [-0.2, 0) is 10.1 Å². The van der Waals surface area contributed by atoms with Gasteiger partial charge >= 0.3 is 0 Å². The van der Waals surface area contributed by atoms with Crippen LogP contribution in [0.5, 0.6) is 0 Å². The van der Waals surface area contributed by atoms with Crippen LogP contribution >= 0.6 is 11.8 Å². The third-order valence-corrected chi connectivity index (χ3v) is 3.95. The molecule has 0 atom stereocenters. The van der Waals surface area contributed by atoms with Crippen LogP contribution in [0, 0.1) is 6.92 Å². The topological polar surface area (TPSA) is 80.4 Å². The highest BCUT2D eigenvalue weighted by atomic mass is 32.2. The largest absolute Gasteiger partial charge is 0.398 e. The minimum atomic E-state index is -3.84. The van der Waals surface area contributed by atoms with Gasteiger partial charge in [0.25, 0.3) is 10.1 Å². The predicted molar refractivity (Wildman–Crippen MR) is 67.3 cm³/mol. The molecule has 0 saturated heterocycles. The van der Waals surface area contributed by atoms with Gasteiger partial charge in [-0.25, -0.2) is 0 Å². The number of hydrogen-bond donors (Lipinski definition) is 2. The Balaban J connectivity index is 2.43. The van der Waals surface area contributed by atoms with Gasteiger partial charge in [-0.15, -0.1) is 11.8 Å². The quantitative estimate of drug-likeness (QED) is 0.366. The van der Waals surface area contributed by atoms with Gasteiger partial charge in [0, 0.05) is 10.6 Å². The third kappa shape index (κ3) is 4.87. The molecule has 6 heteroatoms. The lowest BCUT2D eigenvalue weighted by molar-refractivity contribution is 0.482. The second kappa shape index (κ2) is 5.56. The first kappa shape index (κ1) is 13.3. The zero-order valence-electron chi connectivity index (χ0n) is 9.01. The van der Waals surface area contributed by atoms with Crippen molar-refractivity contribution in [1.29, 1.82) is 0 Å². The van der Waals surface area contributed by atoms with Crippen molar-refractivity contribution in [2.45, 2.75) is 18.2 Å². The maximum absolute atomic E-state index is 10.5. The number of nitrogen functional groups attached to an aromatic ring is 1. The van der Waals surface area contributed by atoms with E-state index in [0.717, 1.165) is 10.5 Å². The number of aryl methyl sites for hydroxylation is 1. The monoisotopic (exact) mass is 261 g/mol. The Bertz CT molecular complexity index is 457. The molecule has 0 fully saturated rings. The van der Waals surface area contributed by atoms with Crippen molar-refractivity contribution in [3.8, 4) is 0 Å². The van der Waals surface area contributed by atoms with Crippen LogP contribution in [-0.4, -0.2) is 24.5 Å². The van der Waals surface area contributed by atoms with Crippen molar-refractivity contribution in [3.63, 3.8) is 0 Å². The molecule has 0 saturated carbocycles. The second-order valence-corrected chi connectivity index (χ2v) is 6.24. The molecule has 0 bridgehead atoms. The van der Waals surface area contributed by atoms with Crippen molar-refractivity contribution in [1.82, 2.24) is 0 Å². The molecule has 0 aromatic heterocycles. The Kier molecular flexibility index (Phi) is 4.64. The first-order valence-electron chi connectivity index (χ1n) is 4.82. The number of nitrogens with two attached hydrogens (primary N) is 1. The molecule has 0 aliphatic rings. The molecule has 3 N–H and O–H groups in total. The van der Waals surface area contributed by atoms with Crippen molar-refractivity contribution in [2.75, 3.05) is 17.2 Å². The van der Waals surface area contributed by atoms with Gasteiger partial charge < -0.3 is 5.73 Å². The summed E-state index contributed by atoms with van der Waals surface area (Å²) in [5.74, 6) is 0.415. The molecule has 1 rings (SSSR count). The lowest BCUT2D eigenvalue weighted by Crippen LogP contribution is -2.04. The second-order valence-electron chi connectivity index (χ2n) is 3.53. The Labute approximate surface area is 100.0 Å². The summed E-state index contributed by atoms with van der Waals surface area (Å²) in [6.07, 6.45) is 0.414. The molecule has 1 aromatic carbocycles. The third-order valence-electron chi connectivity index (χ3n) is 1.97. The van der Waals surface area contributed by atoms with Gasteiger partial charge in [-0.2, -0.15) is 8.42 Å². The van der Waals surface area contributed by atoms with Crippen LogP contribution in [0.15, 0.2) is 23.1 Å².